The molecule has 0 aromatic heterocycles. The second-order valence-electron chi connectivity index (χ2n) is 3.40. The summed E-state index contributed by atoms with van der Waals surface area (Å²) in [5.74, 6) is -0.241. The van der Waals surface area contributed by atoms with Crippen LogP contribution in [0, 0.1) is 5.41 Å². The lowest BCUT2D eigenvalue weighted by Gasteiger charge is -2.24. The van der Waals surface area contributed by atoms with E-state index in [-0.39, 0.29) is 11.3 Å². The summed E-state index contributed by atoms with van der Waals surface area (Å²) in [6.45, 7) is 3.60. The second kappa shape index (κ2) is 3.87. The van der Waals surface area contributed by atoms with Gasteiger partial charge in [0.2, 0.25) is 0 Å². The molecule has 1 amide bonds. The molecule has 1 aliphatic heterocycles. The van der Waals surface area contributed by atoms with E-state index < -0.39 is 0 Å². The number of carbonyl (C=O) groups excluding carboxylic acids is 1. The molecule has 0 aromatic rings. The van der Waals surface area contributed by atoms with Crippen molar-refractivity contribution < 1.29 is 10.0 Å². The van der Waals surface area contributed by atoms with E-state index in [1.165, 1.54) is 0 Å². The van der Waals surface area contributed by atoms with Gasteiger partial charge in [-0.1, -0.05) is 13.3 Å². The Morgan fingerprint density at radius 2 is 2.50 bits per heavy atom. The summed E-state index contributed by atoms with van der Waals surface area (Å²) in [6, 6.07) is 0. The lowest BCUT2D eigenvalue weighted by molar-refractivity contribution is -0.139. The first-order valence-corrected chi connectivity index (χ1v) is 4.40. The van der Waals surface area contributed by atoms with Crippen LogP contribution in [0.4, 0.5) is 0 Å². The number of hydrogen-bond donors (Lipinski definition) is 3. The van der Waals surface area contributed by atoms with E-state index in [9.17, 15) is 4.79 Å². The molecule has 1 saturated heterocycles. The number of rotatable bonds is 3. The van der Waals surface area contributed by atoms with Gasteiger partial charge in [0.05, 0.1) is 5.41 Å². The first-order valence-electron chi connectivity index (χ1n) is 4.40. The maximum Gasteiger partial charge on any atom is 0.250 e. The standard InChI is InChI=1S/C8H16N2O2/c1-2-3-8(7(11)10-12)4-5-9-6-8/h9,12H,2-6H2,1H3,(H,10,11). The van der Waals surface area contributed by atoms with Gasteiger partial charge in [0.15, 0.2) is 0 Å². The lowest BCUT2D eigenvalue weighted by atomic mass is 9.82. The average Bonchev–Trinajstić information content (AvgIpc) is 2.53. The summed E-state index contributed by atoms with van der Waals surface area (Å²) >= 11 is 0. The first-order chi connectivity index (χ1) is 5.75. The topological polar surface area (TPSA) is 61.4 Å². The van der Waals surface area contributed by atoms with Gasteiger partial charge in [-0.3, -0.25) is 10.0 Å². The fraction of sp³-hybridized carbons (Fsp3) is 0.875. The Morgan fingerprint density at radius 1 is 1.75 bits per heavy atom. The third kappa shape index (κ3) is 1.59. The highest BCUT2D eigenvalue weighted by molar-refractivity contribution is 5.82. The fourth-order valence-electron chi connectivity index (χ4n) is 1.86. The SMILES string of the molecule is CCCC1(C(=O)NO)CCNC1. The normalized spacial score (nSPS) is 28.8. The Hall–Kier alpha value is -0.610. The van der Waals surface area contributed by atoms with Crippen LogP contribution in [-0.2, 0) is 4.79 Å². The Morgan fingerprint density at radius 3 is 2.92 bits per heavy atom. The van der Waals surface area contributed by atoms with Crippen molar-refractivity contribution in [1.82, 2.24) is 10.8 Å². The lowest BCUT2D eigenvalue weighted by Crippen LogP contribution is -2.41. The molecule has 0 saturated carbocycles. The van der Waals surface area contributed by atoms with Gasteiger partial charge >= 0.3 is 0 Å². The van der Waals surface area contributed by atoms with Gasteiger partial charge in [-0.05, 0) is 19.4 Å². The van der Waals surface area contributed by atoms with E-state index in [0.29, 0.717) is 6.54 Å². The Balaban J connectivity index is 2.64. The van der Waals surface area contributed by atoms with E-state index in [0.717, 1.165) is 25.8 Å². The zero-order valence-corrected chi connectivity index (χ0v) is 7.39. The van der Waals surface area contributed by atoms with Crippen molar-refractivity contribution in [3.05, 3.63) is 0 Å². The fourth-order valence-corrected chi connectivity index (χ4v) is 1.86. The highest BCUT2D eigenvalue weighted by Gasteiger charge is 2.39. The van der Waals surface area contributed by atoms with Gasteiger partial charge in [0.25, 0.3) is 5.91 Å². The number of nitrogens with one attached hydrogen (secondary N) is 2. The van der Waals surface area contributed by atoms with E-state index in [1.54, 1.807) is 5.48 Å². The van der Waals surface area contributed by atoms with Crippen LogP contribution in [-0.4, -0.2) is 24.2 Å². The maximum absolute atomic E-state index is 11.3. The molecule has 0 radical (unpaired) electrons. The van der Waals surface area contributed by atoms with Crippen molar-refractivity contribution in [3.63, 3.8) is 0 Å². The van der Waals surface area contributed by atoms with Crippen LogP contribution in [0.3, 0.4) is 0 Å². The zero-order valence-electron chi connectivity index (χ0n) is 7.39. The summed E-state index contributed by atoms with van der Waals surface area (Å²) in [6.07, 6.45) is 2.63. The van der Waals surface area contributed by atoms with Crippen LogP contribution < -0.4 is 10.8 Å². The Kier molecular flexibility index (Phi) is 3.05. The van der Waals surface area contributed by atoms with Crippen LogP contribution in [0.15, 0.2) is 0 Å². The number of hydrogen-bond acceptors (Lipinski definition) is 3. The van der Waals surface area contributed by atoms with Gasteiger partial charge in [-0.2, -0.15) is 0 Å². The number of hydroxylamine groups is 1. The third-order valence-corrected chi connectivity index (χ3v) is 2.56. The van der Waals surface area contributed by atoms with Gasteiger partial charge < -0.3 is 5.32 Å². The van der Waals surface area contributed by atoms with E-state index in [1.807, 2.05) is 6.92 Å². The van der Waals surface area contributed by atoms with Crippen molar-refractivity contribution in [2.45, 2.75) is 26.2 Å². The van der Waals surface area contributed by atoms with E-state index in [4.69, 9.17) is 5.21 Å². The molecule has 12 heavy (non-hydrogen) atoms. The van der Waals surface area contributed by atoms with Crippen LogP contribution in [0.5, 0.6) is 0 Å². The smallest absolute Gasteiger partial charge is 0.250 e. The second-order valence-corrected chi connectivity index (χ2v) is 3.40. The molecule has 1 atom stereocenters. The van der Waals surface area contributed by atoms with Gasteiger partial charge in [0.1, 0.15) is 0 Å². The van der Waals surface area contributed by atoms with Crippen molar-refractivity contribution in [2.75, 3.05) is 13.1 Å². The van der Waals surface area contributed by atoms with Crippen LogP contribution in [0.25, 0.3) is 0 Å². The minimum Gasteiger partial charge on any atom is -0.316 e. The molecule has 4 heteroatoms. The molecule has 0 aromatic carbocycles. The molecule has 1 unspecified atom stereocenters. The van der Waals surface area contributed by atoms with Crippen LogP contribution >= 0.6 is 0 Å². The maximum atomic E-state index is 11.3. The summed E-state index contributed by atoms with van der Waals surface area (Å²) < 4.78 is 0. The molecular weight excluding hydrogens is 156 g/mol. The number of carbonyl (C=O) groups is 1. The predicted octanol–water partition coefficient (Wildman–Crippen LogP) is 0.272. The minimum atomic E-state index is -0.358. The largest absolute Gasteiger partial charge is 0.316 e. The molecule has 3 N–H and O–H groups in total. The molecule has 0 bridgehead atoms. The number of amides is 1. The molecule has 0 aliphatic carbocycles. The zero-order chi connectivity index (χ0) is 9.03. The molecule has 0 spiro atoms. The molecule has 1 fully saturated rings. The molecule has 1 heterocycles. The third-order valence-electron chi connectivity index (χ3n) is 2.56. The molecule has 1 rings (SSSR count). The van der Waals surface area contributed by atoms with Gasteiger partial charge in [-0.15, -0.1) is 0 Å². The minimum absolute atomic E-state index is 0.241. The van der Waals surface area contributed by atoms with Crippen LogP contribution in [0.1, 0.15) is 26.2 Å². The highest BCUT2D eigenvalue weighted by atomic mass is 16.5. The molecule has 1 aliphatic rings. The summed E-state index contributed by atoms with van der Waals surface area (Å²) in [5, 5.41) is 11.7. The highest BCUT2D eigenvalue weighted by Crippen LogP contribution is 2.30. The Labute approximate surface area is 72.3 Å². The van der Waals surface area contributed by atoms with Gasteiger partial charge in [-0.25, -0.2) is 5.48 Å². The van der Waals surface area contributed by atoms with Gasteiger partial charge in [0, 0.05) is 6.54 Å². The summed E-state index contributed by atoms with van der Waals surface area (Å²) in [7, 11) is 0. The van der Waals surface area contributed by atoms with E-state index in [2.05, 4.69) is 5.32 Å². The van der Waals surface area contributed by atoms with Crippen molar-refractivity contribution in [3.8, 4) is 0 Å². The monoisotopic (exact) mass is 172 g/mol. The van der Waals surface area contributed by atoms with Crippen molar-refractivity contribution in [1.29, 1.82) is 0 Å². The van der Waals surface area contributed by atoms with Crippen molar-refractivity contribution in [2.24, 2.45) is 5.41 Å². The van der Waals surface area contributed by atoms with Crippen LogP contribution in [0.2, 0.25) is 0 Å². The summed E-state index contributed by atoms with van der Waals surface area (Å²) in [4.78, 5) is 11.3. The molecule has 70 valence electrons. The Bertz CT molecular complexity index is 164. The first kappa shape index (κ1) is 9.48. The molecule has 4 nitrogen and oxygen atoms in total. The predicted molar refractivity (Wildman–Crippen MR) is 44.8 cm³/mol. The van der Waals surface area contributed by atoms with E-state index >= 15 is 0 Å². The van der Waals surface area contributed by atoms with Crippen molar-refractivity contribution >= 4 is 5.91 Å². The quantitative estimate of drug-likeness (QED) is 0.423. The molecular formula is C8H16N2O2. The summed E-state index contributed by atoms with van der Waals surface area (Å²) in [5.41, 5.74) is 1.40. The average molecular weight is 172 g/mol.